The van der Waals surface area contributed by atoms with Gasteiger partial charge in [0.15, 0.2) is 0 Å². The number of hydrogen-bond donors (Lipinski definition) is 0. The number of nitrogens with zero attached hydrogens (tertiary/aromatic N) is 2. The Balaban J connectivity index is 1.88. The number of pyridine rings is 1. The van der Waals surface area contributed by atoms with Crippen molar-refractivity contribution >= 4 is 12.0 Å². The highest BCUT2D eigenvalue weighted by molar-refractivity contribution is 5.94. The molecule has 25 heavy (non-hydrogen) atoms. The summed E-state index contributed by atoms with van der Waals surface area (Å²) in [6, 6.07) is 8.62. The predicted octanol–water partition coefficient (Wildman–Crippen LogP) is 1.64. The van der Waals surface area contributed by atoms with E-state index in [1.165, 1.54) is 12.6 Å². The average molecular weight is 339 g/mol. The molecule has 1 aromatic carbocycles. The van der Waals surface area contributed by atoms with E-state index < -0.39 is 11.7 Å². The van der Waals surface area contributed by atoms with Crippen molar-refractivity contribution in [3.63, 3.8) is 0 Å². The first-order chi connectivity index (χ1) is 12.0. The van der Waals surface area contributed by atoms with Gasteiger partial charge < -0.3 is 14.8 Å². The van der Waals surface area contributed by atoms with Crippen LogP contribution >= 0.6 is 0 Å². The molecule has 0 atom stereocenters. The van der Waals surface area contributed by atoms with Crippen molar-refractivity contribution in [2.45, 2.75) is 26.2 Å². The summed E-state index contributed by atoms with van der Waals surface area (Å²) in [5.41, 5.74) is 1.72. The molecular formula is C19H19N2O4-. The van der Waals surface area contributed by atoms with E-state index in [0.717, 1.165) is 31.5 Å². The highest BCUT2D eigenvalue weighted by atomic mass is 16.4. The molecule has 6 nitrogen and oxygen atoms in total. The summed E-state index contributed by atoms with van der Waals surface area (Å²) >= 11 is 0. The Bertz CT molecular complexity index is 862. The smallest absolute Gasteiger partial charge is 0.259 e. The molecule has 1 aromatic heterocycles. The van der Waals surface area contributed by atoms with Crippen LogP contribution in [0.15, 0.2) is 41.3 Å². The fourth-order valence-corrected chi connectivity index (χ4v) is 3.17. The van der Waals surface area contributed by atoms with Gasteiger partial charge in [-0.2, -0.15) is 0 Å². The van der Waals surface area contributed by atoms with Crippen LogP contribution in [0.5, 0.6) is 0 Å². The van der Waals surface area contributed by atoms with Crippen LogP contribution in [0.2, 0.25) is 0 Å². The third-order valence-corrected chi connectivity index (χ3v) is 4.62. The fourth-order valence-electron chi connectivity index (χ4n) is 3.17. The monoisotopic (exact) mass is 339 g/mol. The Morgan fingerprint density at radius 1 is 1.00 bits per heavy atom. The molecule has 0 saturated carbocycles. The lowest BCUT2D eigenvalue weighted by Crippen LogP contribution is -2.37. The van der Waals surface area contributed by atoms with Crippen molar-refractivity contribution in [2.75, 3.05) is 13.1 Å². The van der Waals surface area contributed by atoms with Crippen molar-refractivity contribution in [1.29, 1.82) is 0 Å². The number of benzene rings is 1. The van der Waals surface area contributed by atoms with Gasteiger partial charge in [0.2, 0.25) is 0 Å². The molecule has 0 radical (unpaired) electrons. The van der Waals surface area contributed by atoms with E-state index in [0.29, 0.717) is 21.3 Å². The molecule has 0 unspecified atom stereocenters. The zero-order valence-electron chi connectivity index (χ0n) is 14.0. The maximum Gasteiger partial charge on any atom is 0.259 e. The Morgan fingerprint density at radius 2 is 1.64 bits per heavy atom. The quantitative estimate of drug-likeness (QED) is 0.833. The van der Waals surface area contributed by atoms with Crippen LogP contribution in [-0.2, 0) is 0 Å². The standard InChI is InChI=1S/C19H20N2O4/c1-13-16(9-12-21(17(13)22)19(24)25)14-5-7-15(8-6-14)18(23)20-10-3-2-4-11-20/h5-9,12H,2-4,10-11H2,1H3,(H,24,25)/p-1. The minimum absolute atomic E-state index is 0.0235. The van der Waals surface area contributed by atoms with E-state index in [9.17, 15) is 19.5 Å². The van der Waals surface area contributed by atoms with Gasteiger partial charge in [-0.15, -0.1) is 0 Å². The fraction of sp³-hybridized carbons (Fsp3) is 0.316. The van der Waals surface area contributed by atoms with Gasteiger partial charge in [-0.05, 0) is 55.5 Å². The number of rotatable bonds is 2. The van der Waals surface area contributed by atoms with Crippen LogP contribution in [0.3, 0.4) is 0 Å². The summed E-state index contributed by atoms with van der Waals surface area (Å²) in [4.78, 5) is 37.3. The van der Waals surface area contributed by atoms with Gasteiger partial charge in [0, 0.05) is 30.4 Å². The number of carbonyl (C=O) groups is 2. The zero-order chi connectivity index (χ0) is 18.0. The van der Waals surface area contributed by atoms with Gasteiger partial charge in [-0.25, -0.2) is 0 Å². The first-order valence-electron chi connectivity index (χ1n) is 8.32. The van der Waals surface area contributed by atoms with Gasteiger partial charge in [-0.3, -0.25) is 14.2 Å². The van der Waals surface area contributed by atoms with Crippen molar-refractivity contribution < 1.29 is 14.7 Å². The molecule has 0 spiro atoms. The van der Waals surface area contributed by atoms with Gasteiger partial charge in [0.05, 0.1) is 0 Å². The van der Waals surface area contributed by atoms with Crippen LogP contribution in [0.25, 0.3) is 11.1 Å². The van der Waals surface area contributed by atoms with Crippen molar-refractivity contribution in [3.05, 3.63) is 58.0 Å². The van der Waals surface area contributed by atoms with Gasteiger partial charge >= 0.3 is 0 Å². The van der Waals surface area contributed by atoms with E-state index in [4.69, 9.17) is 0 Å². The van der Waals surface area contributed by atoms with Crippen molar-refractivity contribution in [1.82, 2.24) is 9.47 Å². The number of hydrogen-bond acceptors (Lipinski definition) is 4. The van der Waals surface area contributed by atoms with E-state index in [1.807, 2.05) is 4.90 Å². The molecule has 6 heteroatoms. The molecule has 130 valence electrons. The summed E-state index contributed by atoms with van der Waals surface area (Å²) < 4.78 is 0.549. The molecule has 0 bridgehead atoms. The molecule has 2 aromatic rings. The van der Waals surface area contributed by atoms with E-state index in [2.05, 4.69) is 0 Å². The third kappa shape index (κ3) is 3.33. The number of carbonyl (C=O) groups excluding carboxylic acids is 2. The summed E-state index contributed by atoms with van der Waals surface area (Å²) in [6.07, 6.45) is 2.88. The van der Waals surface area contributed by atoms with Crippen molar-refractivity contribution in [3.8, 4) is 11.1 Å². The first-order valence-corrected chi connectivity index (χ1v) is 8.32. The van der Waals surface area contributed by atoms with Gasteiger partial charge in [0.25, 0.3) is 11.5 Å². The maximum atomic E-state index is 12.5. The summed E-state index contributed by atoms with van der Waals surface area (Å²) in [5, 5.41) is 10.9. The Kier molecular flexibility index (Phi) is 4.70. The molecular weight excluding hydrogens is 320 g/mol. The number of likely N-dealkylation sites (tertiary alicyclic amines) is 1. The van der Waals surface area contributed by atoms with Crippen LogP contribution in [0.1, 0.15) is 35.2 Å². The number of piperidine rings is 1. The zero-order valence-corrected chi connectivity index (χ0v) is 14.0. The normalized spacial score (nSPS) is 14.4. The summed E-state index contributed by atoms with van der Waals surface area (Å²) in [6.45, 7) is 3.16. The number of aromatic nitrogens is 1. The second kappa shape index (κ2) is 6.93. The molecule has 1 amide bonds. The topological polar surface area (TPSA) is 82.4 Å². The molecule has 2 heterocycles. The SMILES string of the molecule is Cc1c(-c2ccc(C(=O)N3CCCCC3)cc2)ccn(C(=O)[O-])c1=O. The highest BCUT2D eigenvalue weighted by Crippen LogP contribution is 2.22. The van der Waals surface area contributed by atoms with E-state index >= 15 is 0 Å². The minimum Gasteiger partial charge on any atom is -0.529 e. The predicted molar refractivity (Wildman–Crippen MR) is 91.4 cm³/mol. The van der Waals surface area contributed by atoms with Crippen LogP contribution in [0, 0.1) is 6.92 Å². The lowest BCUT2D eigenvalue weighted by Gasteiger charge is -2.26. The minimum atomic E-state index is -1.55. The largest absolute Gasteiger partial charge is 0.529 e. The lowest BCUT2D eigenvalue weighted by atomic mass is 10.0. The maximum absolute atomic E-state index is 12.5. The number of amides is 1. The second-order valence-corrected chi connectivity index (χ2v) is 6.23. The molecule has 0 aliphatic carbocycles. The third-order valence-electron chi connectivity index (χ3n) is 4.62. The number of carboxylic acid groups (broad SMARTS) is 1. The summed E-state index contributed by atoms with van der Waals surface area (Å²) in [7, 11) is 0. The van der Waals surface area contributed by atoms with E-state index in [1.54, 1.807) is 37.3 Å². The molecule has 1 aliphatic heterocycles. The van der Waals surface area contributed by atoms with Crippen LogP contribution in [-0.4, -0.2) is 34.6 Å². The first kappa shape index (κ1) is 17.0. The van der Waals surface area contributed by atoms with Gasteiger partial charge in [0.1, 0.15) is 6.09 Å². The van der Waals surface area contributed by atoms with Gasteiger partial charge in [-0.1, -0.05) is 12.1 Å². The Hall–Kier alpha value is -2.89. The molecule has 3 rings (SSSR count). The second-order valence-electron chi connectivity index (χ2n) is 6.23. The molecule has 1 aliphatic rings. The Morgan fingerprint density at radius 3 is 2.24 bits per heavy atom. The molecule has 0 N–H and O–H groups in total. The highest BCUT2D eigenvalue weighted by Gasteiger charge is 2.18. The Labute approximate surface area is 145 Å². The van der Waals surface area contributed by atoms with Crippen LogP contribution in [0.4, 0.5) is 4.79 Å². The summed E-state index contributed by atoms with van der Waals surface area (Å²) in [5.74, 6) is 0.0235. The molecule has 1 fully saturated rings. The van der Waals surface area contributed by atoms with E-state index in [-0.39, 0.29) is 5.91 Å². The average Bonchev–Trinajstić information content (AvgIpc) is 2.64. The van der Waals surface area contributed by atoms with Crippen molar-refractivity contribution in [2.24, 2.45) is 0 Å². The molecule has 1 saturated heterocycles. The lowest BCUT2D eigenvalue weighted by molar-refractivity contribution is -0.250. The van der Waals surface area contributed by atoms with Crippen LogP contribution < -0.4 is 10.7 Å².